The van der Waals surface area contributed by atoms with Gasteiger partial charge in [0.15, 0.2) is 0 Å². The van der Waals surface area contributed by atoms with E-state index in [0.29, 0.717) is 24.2 Å². The highest BCUT2D eigenvalue weighted by Crippen LogP contribution is 2.23. The first kappa shape index (κ1) is 12.7. The molecule has 0 amide bonds. The maximum absolute atomic E-state index is 4.57. The van der Waals surface area contributed by atoms with Crippen LogP contribution in [-0.2, 0) is 0 Å². The number of nitrogens with zero attached hydrogens (tertiary/aromatic N) is 3. The molecule has 0 aliphatic carbocycles. The maximum atomic E-state index is 4.57. The molecule has 2 heterocycles. The van der Waals surface area contributed by atoms with Crippen LogP contribution in [0, 0.1) is 0 Å². The molecule has 4 nitrogen and oxygen atoms in total. The molecule has 2 aliphatic rings. The highest BCUT2D eigenvalue weighted by molar-refractivity contribution is 5.53. The molecule has 0 aromatic heterocycles. The number of hydrazone groups is 1. The van der Waals surface area contributed by atoms with Crippen molar-refractivity contribution < 1.29 is 0 Å². The van der Waals surface area contributed by atoms with Crippen LogP contribution in [0.2, 0.25) is 0 Å². The molecule has 2 aliphatic heterocycles. The van der Waals surface area contributed by atoms with Gasteiger partial charge in [0.1, 0.15) is 6.34 Å². The van der Waals surface area contributed by atoms with Crippen molar-refractivity contribution in [1.82, 2.24) is 15.4 Å². The highest BCUT2D eigenvalue weighted by atomic mass is 15.6. The van der Waals surface area contributed by atoms with Crippen LogP contribution in [0.25, 0.3) is 0 Å². The lowest BCUT2D eigenvalue weighted by Crippen LogP contribution is -2.44. The maximum Gasteiger partial charge on any atom is 0.123 e. The largest absolute Gasteiger partial charge is 0.307 e. The van der Waals surface area contributed by atoms with Crippen molar-refractivity contribution >= 4 is 6.34 Å². The average Bonchev–Trinajstić information content (AvgIpc) is 2.77. The summed E-state index contributed by atoms with van der Waals surface area (Å²) >= 11 is 0. The third-order valence-corrected chi connectivity index (χ3v) is 4.26. The predicted molar refractivity (Wildman–Crippen MR) is 71.6 cm³/mol. The average molecular weight is 238 g/mol. The van der Waals surface area contributed by atoms with Gasteiger partial charge < -0.3 is 5.43 Å². The van der Waals surface area contributed by atoms with Crippen LogP contribution in [0.4, 0.5) is 0 Å². The first-order chi connectivity index (χ1) is 8.09. The van der Waals surface area contributed by atoms with E-state index in [1.165, 1.54) is 25.7 Å². The second-order valence-corrected chi connectivity index (χ2v) is 5.71. The molecular formula is C13H26N4. The van der Waals surface area contributed by atoms with Crippen LogP contribution in [0.1, 0.15) is 53.4 Å². The number of hydrazine groups is 1. The molecule has 4 heteroatoms. The zero-order valence-electron chi connectivity index (χ0n) is 11.6. The summed E-state index contributed by atoms with van der Waals surface area (Å²) in [7, 11) is 0. The Hall–Kier alpha value is -0.770. The van der Waals surface area contributed by atoms with Gasteiger partial charge in [-0.3, -0.25) is 5.01 Å². The minimum Gasteiger partial charge on any atom is -0.307 e. The first-order valence-electron chi connectivity index (χ1n) is 6.95. The molecule has 0 aromatic carbocycles. The van der Waals surface area contributed by atoms with E-state index in [1.807, 2.05) is 6.34 Å². The number of hydrogen-bond donors (Lipinski definition) is 1. The number of nitrogens with one attached hydrogen (secondary N) is 1. The molecule has 2 rings (SSSR count). The van der Waals surface area contributed by atoms with E-state index in [9.17, 15) is 0 Å². The predicted octanol–water partition coefficient (Wildman–Crippen LogP) is 2.18. The normalized spacial score (nSPS) is 39.4. The van der Waals surface area contributed by atoms with Crippen molar-refractivity contribution in [3.63, 3.8) is 0 Å². The van der Waals surface area contributed by atoms with E-state index in [0.717, 1.165) is 0 Å². The summed E-state index contributed by atoms with van der Waals surface area (Å²) in [6, 6.07) is 2.39. The van der Waals surface area contributed by atoms with Crippen LogP contribution >= 0.6 is 0 Å². The van der Waals surface area contributed by atoms with E-state index < -0.39 is 0 Å². The SMILES string of the molecule is C[C@@H]1CC[C@@H](C)N1/N=C/NN1[C@H](C)CC[C@H]1C. The van der Waals surface area contributed by atoms with Crippen molar-refractivity contribution in [3.8, 4) is 0 Å². The van der Waals surface area contributed by atoms with Gasteiger partial charge in [0.05, 0.1) is 0 Å². The lowest BCUT2D eigenvalue weighted by atomic mass is 10.2. The van der Waals surface area contributed by atoms with Crippen molar-refractivity contribution in [2.45, 2.75) is 77.5 Å². The van der Waals surface area contributed by atoms with E-state index >= 15 is 0 Å². The highest BCUT2D eigenvalue weighted by Gasteiger charge is 2.27. The van der Waals surface area contributed by atoms with E-state index in [1.54, 1.807) is 0 Å². The summed E-state index contributed by atoms with van der Waals surface area (Å²) in [4.78, 5) is 0. The van der Waals surface area contributed by atoms with Gasteiger partial charge in [-0.1, -0.05) is 0 Å². The quantitative estimate of drug-likeness (QED) is 0.604. The van der Waals surface area contributed by atoms with Gasteiger partial charge in [0, 0.05) is 24.2 Å². The summed E-state index contributed by atoms with van der Waals surface area (Å²) in [6.07, 6.45) is 6.94. The second kappa shape index (κ2) is 5.25. The Morgan fingerprint density at radius 2 is 1.35 bits per heavy atom. The Morgan fingerprint density at radius 1 is 0.882 bits per heavy atom. The molecule has 2 fully saturated rings. The van der Waals surface area contributed by atoms with Gasteiger partial charge in [-0.2, -0.15) is 5.10 Å². The first-order valence-corrected chi connectivity index (χ1v) is 6.95. The van der Waals surface area contributed by atoms with Crippen LogP contribution in [0.3, 0.4) is 0 Å². The minimum absolute atomic E-state index is 0.580. The number of rotatable bonds is 3. The van der Waals surface area contributed by atoms with Gasteiger partial charge in [-0.15, -0.1) is 0 Å². The molecule has 0 unspecified atom stereocenters. The molecule has 4 atom stereocenters. The van der Waals surface area contributed by atoms with Gasteiger partial charge in [-0.25, -0.2) is 5.01 Å². The van der Waals surface area contributed by atoms with Crippen molar-refractivity contribution in [2.24, 2.45) is 5.10 Å². The third kappa shape index (κ3) is 2.73. The lowest BCUT2D eigenvalue weighted by molar-refractivity contribution is 0.173. The Labute approximate surface area is 105 Å². The molecular weight excluding hydrogens is 212 g/mol. The van der Waals surface area contributed by atoms with Crippen molar-refractivity contribution in [1.29, 1.82) is 0 Å². The van der Waals surface area contributed by atoms with Gasteiger partial charge in [0.25, 0.3) is 0 Å². The Balaban J connectivity index is 1.85. The van der Waals surface area contributed by atoms with Crippen LogP contribution in [-0.4, -0.2) is 40.5 Å². The molecule has 1 N–H and O–H groups in total. The Kier molecular flexibility index (Phi) is 3.92. The molecule has 0 bridgehead atoms. The number of hydrogen-bond acceptors (Lipinski definition) is 3. The topological polar surface area (TPSA) is 30.9 Å². The molecule has 17 heavy (non-hydrogen) atoms. The molecule has 0 saturated carbocycles. The summed E-state index contributed by atoms with van der Waals surface area (Å²) in [6.45, 7) is 9.04. The van der Waals surface area contributed by atoms with Gasteiger partial charge >= 0.3 is 0 Å². The van der Waals surface area contributed by atoms with Gasteiger partial charge in [-0.05, 0) is 53.4 Å². The molecule has 0 radical (unpaired) electrons. The molecule has 98 valence electrons. The fraction of sp³-hybridized carbons (Fsp3) is 0.923. The third-order valence-electron chi connectivity index (χ3n) is 4.26. The van der Waals surface area contributed by atoms with Crippen molar-refractivity contribution in [3.05, 3.63) is 0 Å². The van der Waals surface area contributed by atoms with E-state index in [4.69, 9.17) is 0 Å². The Bertz CT molecular complexity index is 259. The molecule has 2 saturated heterocycles. The van der Waals surface area contributed by atoms with Crippen molar-refractivity contribution in [2.75, 3.05) is 0 Å². The lowest BCUT2D eigenvalue weighted by Gasteiger charge is -2.27. The zero-order valence-corrected chi connectivity index (χ0v) is 11.6. The Morgan fingerprint density at radius 3 is 1.88 bits per heavy atom. The standard InChI is InChI=1S/C13H26N4/c1-10-5-6-11(2)16(10)14-9-15-17-12(3)7-8-13(17)4/h9-13H,5-8H2,1-4H3,(H,14,15)/t10-,11-,12-,13-/m1/s1. The monoisotopic (exact) mass is 238 g/mol. The van der Waals surface area contributed by atoms with Crippen LogP contribution < -0.4 is 5.43 Å². The summed E-state index contributed by atoms with van der Waals surface area (Å²) in [5, 5.41) is 9.11. The van der Waals surface area contributed by atoms with E-state index in [-0.39, 0.29) is 0 Å². The van der Waals surface area contributed by atoms with E-state index in [2.05, 4.69) is 48.2 Å². The summed E-state index contributed by atoms with van der Waals surface area (Å²) in [5.74, 6) is 0. The fourth-order valence-corrected chi connectivity index (χ4v) is 3.02. The van der Waals surface area contributed by atoms with Crippen LogP contribution in [0.15, 0.2) is 5.10 Å². The zero-order chi connectivity index (χ0) is 12.4. The minimum atomic E-state index is 0.580. The van der Waals surface area contributed by atoms with Gasteiger partial charge in [0.2, 0.25) is 0 Å². The fourth-order valence-electron chi connectivity index (χ4n) is 3.02. The second-order valence-electron chi connectivity index (χ2n) is 5.71. The molecule has 0 aromatic rings. The molecule has 0 spiro atoms. The summed E-state index contributed by atoms with van der Waals surface area (Å²) in [5.41, 5.74) is 3.35. The smallest absolute Gasteiger partial charge is 0.123 e. The van der Waals surface area contributed by atoms with Crippen LogP contribution in [0.5, 0.6) is 0 Å². The summed E-state index contributed by atoms with van der Waals surface area (Å²) < 4.78 is 0.